The van der Waals surface area contributed by atoms with Crippen LogP contribution in [-0.2, 0) is 13.1 Å². The number of rotatable bonds is 5. The van der Waals surface area contributed by atoms with E-state index >= 15 is 0 Å². The molecule has 1 heterocycles. The minimum Gasteiger partial charge on any atom is -0.357 e. The van der Waals surface area contributed by atoms with Gasteiger partial charge in [0, 0.05) is 29.7 Å². The fraction of sp³-hybridized carbons (Fsp3) is 0.200. The molecule has 0 saturated heterocycles. The number of guanidine groups is 1. The largest absolute Gasteiger partial charge is 0.357 e. The summed E-state index contributed by atoms with van der Waals surface area (Å²) in [5.74, 6) is 0.760. The lowest BCUT2D eigenvalue weighted by Crippen LogP contribution is -2.36. The fourth-order valence-corrected chi connectivity index (χ4v) is 2.82. The molecule has 2 aromatic carbocycles. The zero-order valence-electron chi connectivity index (χ0n) is 14.2. The number of para-hydroxylation sites is 1. The van der Waals surface area contributed by atoms with E-state index < -0.39 is 0 Å². The summed E-state index contributed by atoms with van der Waals surface area (Å²) in [6, 6.07) is 18.0. The maximum atomic E-state index is 6.21. The normalized spacial score (nSPS) is 11.5. The number of aromatic nitrogens is 1. The first-order valence-electron chi connectivity index (χ1n) is 8.36. The number of benzene rings is 2. The predicted molar refractivity (Wildman–Crippen MR) is 105 cm³/mol. The Bertz CT molecular complexity index is 871. The monoisotopic (exact) mass is 352 g/mol. The van der Waals surface area contributed by atoms with E-state index in [1.54, 1.807) is 0 Å². The minimum atomic E-state index is 0.562. The Balaban J connectivity index is 1.74. The Hall–Kier alpha value is -2.59. The van der Waals surface area contributed by atoms with Crippen LogP contribution in [0.4, 0.5) is 0 Å². The van der Waals surface area contributed by atoms with E-state index in [1.807, 2.05) is 49.5 Å². The van der Waals surface area contributed by atoms with Crippen molar-refractivity contribution >= 4 is 28.5 Å². The summed E-state index contributed by atoms with van der Waals surface area (Å²) in [5.41, 5.74) is 3.14. The van der Waals surface area contributed by atoms with Crippen LogP contribution in [0.15, 0.2) is 65.8 Å². The number of pyridine rings is 1. The number of hydrogen-bond donors (Lipinski definition) is 2. The molecule has 0 saturated carbocycles. The van der Waals surface area contributed by atoms with Gasteiger partial charge < -0.3 is 10.6 Å². The highest BCUT2D eigenvalue weighted by atomic mass is 35.5. The first-order chi connectivity index (χ1) is 12.3. The molecule has 0 fully saturated rings. The number of nitrogens with zero attached hydrogens (tertiary/aromatic N) is 2. The van der Waals surface area contributed by atoms with Gasteiger partial charge in [0.25, 0.3) is 0 Å². The first kappa shape index (κ1) is 17.2. The van der Waals surface area contributed by atoms with E-state index in [0.29, 0.717) is 13.1 Å². The minimum absolute atomic E-state index is 0.562. The molecule has 0 bridgehead atoms. The van der Waals surface area contributed by atoms with Gasteiger partial charge in [0.15, 0.2) is 5.96 Å². The zero-order valence-corrected chi connectivity index (χ0v) is 14.9. The van der Waals surface area contributed by atoms with Gasteiger partial charge in [-0.3, -0.25) is 4.98 Å². The molecule has 0 amide bonds. The molecule has 3 rings (SSSR count). The summed E-state index contributed by atoms with van der Waals surface area (Å²) >= 11 is 6.21. The van der Waals surface area contributed by atoms with Crippen molar-refractivity contribution in [2.75, 3.05) is 6.54 Å². The van der Waals surface area contributed by atoms with Gasteiger partial charge in [-0.25, -0.2) is 4.99 Å². The third-order valence-electron chi connectivity index (χ3n) is 3.87. The smallest absolute Gasteiger partial charge is 0.191 e. The van der Waals surface area contributed by atoms with Crippen molar-refractivity contribution in [3.63, 3.8) is 0 Å². The van der Waals surface area contributed by atoms with Crippen molar-refractivity contribution in [1.82, 2.24) is 15.6 Å². The van der Waals surface area contributed by atoms with Gasteiger partial charge in [0.2, 0.25) is 0 Å². The molecule has 3 aromatic rings. The van der Waals surface area contributed by atoms with Crippen molar-refractivity contribution < 1.29 is 0 Å². The number of aliphatic imine (C=N–C) groups is 1. The molecule has 128 valence electrons. The summed E-state index contributed by atoms with van der Waals surface area (Å²) in [6.45, 7) is 4.03. The second kappa shape index (κ2) is 8.49. The zero-order chi connectivity index (χ0) is 17.5. The molecule has 0 aliphatic heterocycles. The van der Waals surface area contributed by atoms with Gasteiger partial charge in [-0.15, -0.1) is 0 Å². The van der Waals surface area contributed by atoms with E-state index in [9.17, 15) is 0 Å². The second-order valence-corrected chi connectivity index (χ2v) is 6.04. The Morgan fingerprint density at radius 3 is 2.64 bits per heavy atom. The van der Waals surface area contributed by atoms with Crippen LogP contribution in [-0.4, -0.2) is 17.5 Å². The Morgan fingerprint density at radius 1 is 1.00 bits per heavy atom. The van der Waals surface area contributed by atoms with Gasteiger partial charge in [-0.1, -0.05) is 54.1 Å². The molecule has 0 radical (unpaired) electrons. The maximum Gasteiger partial charge on any atom is 0.191 e. The summed E-state index contributed by atoms with van der Waals surface area (Å²) < 4.78 is 0. The van der Waals surface area contributed by atoms with Crippen LogP contribution in [0.1, 0.15) is 18.1 Å². The van der Waals surface area contributed by atoms with E-state index in [2.05, 4.69) is 38.8 Å². The highest BCUT2D eigenvalue weighted by molar-refractivity contribution is 6.31. The SMILES string of the molecule is CCNC(=NCc1cccc2cccnc12)NCc1ccccc1Cl. The Labute approximate surface area is 153 Å². The van der Waals surface area contributed by atoms with Gasteiger partial charge in [-0.05, 0) is 30.2 Å². The highest BCUT2D eigenvalue weighted by Gasteiger charge is 2.04. The lowest BCUT2D eigenvalue weighted by Gasteiger charge is -2.12. The summed E-state index contributed by atoms with van der Waals surface area (Å²) in [5, 5.41) is 8.48. The van der Waals surface area contributed by atoms with Crippen LogP contribution in [0, 0.1) is 0 Å². The predicted octanol–water partition coefficient (Wildman–Crippen LogP) is 4.14. The summed E-state index contributed by atoms with van der Waals surface area (Å²) in [6.07, 6.45) is 1.82. The number of nitrogens with one attached hydrogen (secondary N) is 2. The van der Waals surface area contributed by atoms with Crippen LogP contribution < -0.4 is 10.6 Å². The molecule has 0 atom stereocenters. The number of fused-ring (bicyclic) bond motifs is 1. The third kappa shape index (κ3) is 4.48. The number of halogens is 1. The molecule has 0 aliphatic carbocycles. The summed E-state index contributed by atoms with van der Waals surface area (Å²) in [7, 11) is 0. The Kier molecular flexibility index (Phi) is 5.86. The van der Waals surface area contributed by atoms with E-state index in [4.69, 9.17) is 11.6 Å². The van der Waals surface area contributed by atoms with Gasteiger partial charge >= 0.3 is 0 Å². The molecular formula is C20H21ClN4. The average molecular weight is 353 g/mol. The molecule has 4 nitrogen and oxygen atoms in total. The fourth-order valence-electron chi connectivity index (χ4n) is 2.62. The van der Waals surface area contributed by atoms with Crippen LogP contribution in [0.3, 0.4) is 0 Å². The van der Waals surface area contributed by atoms with Crippen LogP contribution in [0.25, 0.3) is 10.9 Å². The van der Waals surface area contributed by atoms with E-state index in [1.165, 1.54) is 0 Å². The van der Waals surface area contributed by atoms with Crippen molar-refractivity contribution in [3.8, 4) is 0 Å². The number of hydrogen-bond acceptors (Lipinski definition) is 2. The lowest BCUT2D eigenvalue weighted by atomic mass is 10.1. The Morgan fingerprint density at radius 2 is 1.80 bits per heavy atom. The first-order valence-corrected chi connectivity index (χ1v) is 8.74. The van der Waals surface area contributed by atoms with Crippen molar-refractivity contribution in [2.24, 2.45) is 4.99 Å². The molecule has 25 heavy (non-hydrogen) atoms. The van der Waals surface area contributed by atoms with E-state index in [-0.39, 0.29) is 0 Å². The van der Waals surface area contributed by atoms with Crippen molar-refractivity contribution in [3.05, 3.63) is 76.9 Å². The molecule has 5 heteroatoms. The van der Waals surface area contributed by atoms with E-state index in [0.717, 1.165) is 39.6 Å². The van der Waals surface area contributed by atoms with Crippen LogP contribution >= 0.6 is 11.6 Å². The molecule has 0 unspecified atom stereocenters. The van der Waals surface area contributed by atoms with Crippen molar-refractivity contribution in [2.45, 2.75) is 20.0 Å². The second-order valence-electron chi connectivity index (χ2n) is 5.63. The molecule has 1 aromatic heterocycles. The maximum absolute atomic E-state index is 6.21. The van der Waals surface area contributed by atoms with Gasteiger partial charge in [0.1, 0.15) is 0 Å². The van der Waals surface area contributed by atoms with Crippen LogP contribution in [0.2, 0.25) is 5.02 Å². The van der Waals surface area contributed by atoms with Gasteiger partial charge in [-0.2, -0.15) is 0 Å². The lowest BCUT2D eigenvalue weighted by molar-refractivity contribution is 0.817. The average Bonchev–Trinajstić information content (AvgIpc) is 2.65. The molecular weight excluding hydrogens is 332 g/mol. The third-order valence-corrected chi connectivity index (χ3v) is 4.24. The molecule has 0 aliphatic rings. The van der Waals surface area contributed by atoms with Crippen molar-refractivity contribution in [1.29, 1.82) is 0 Å². The standard InChI is InChI=1S/C20H21ClN4/c1-2-22-20(24-13-16-7-3-4-11-18(16)21)25-14-17-9-5-8-15-10-6-12-23-19(15)17/h3-12H,2,13-14H2,1H3,(H2,22,24,25). The molecule has 0 spiro atoms. The molecule has 2 N–H and O–H groups in total. The highest BCUT2D eigenvalue weighted by Crippen LogP contribution is 2.17. The summed E-state index contributed by atoms with van der Waals surface area (Å²) in [4.78, 5) is 9.17. The quantitative estimate of drug-likeness (QED) is 0.536. The topological polar surface area (TPSA) is 49.3 Å². The van der Waals surface area contributed by atoms with Crippen LogP contribution in [0.5, 0.6) is 0 Å². The van der Waals surface area contributed by atoms with Gasteiger partial charge in [0.05, 0.1) is 12.1 Å².